The molecule has 0 aliphatic rings. The van der Waals surface area contributed by atoms with Crippen LogP contribution in [0.2, 0.25) is 0 Å². The maximum absolute atomic E-state index is 13.4. The minimum absolute atomic E-state index is 0.00597. The molecule has 0 aliphatic heterocycles. The average molecular weight is 560 g/mol. The van der Waals surface area contributed by atoms with E-state index in [4.69, 9.17) is 11.5 Å². The molecular formula is C26H37N7O7. The molecule has 0 bridgehead atoms. The Bertz CT molecular complexity index is 1150. The van der Waals surface area contributed by atoms with Crippen LogP contribution in [0.25, 0.3) is 0 Å². The molecule has 4 unspecified atom stereocenters. The number of benzene rings is 1. The first-order valence-corrected chi connectivity index (χ1v) is 12.8. The molecule has 4 atom stereocenters. The molecule has 40 heavy (non-hydrogen) atoms. The fraction of sp³-hybridized carbons (Fsp3) is 0.462. The molecule has 0 spiro atoms. The van der Waals surface area contributed by atoms with E-state index in [2.05, 4.69) is 25.9 Å². The number of nitrogens with two attached hydrogens (primary N) is 2. The van der Waals surface area contributed by atoms with Gasteiger partial charge >= 0.3 is 5.97 Å². The SMILES string of the molecule is CC(C)CC(N)C(=O)NC(Cc1ccc(O)cc1)C(=O)NC(CCC(N)=O)C(=O)NC(Cc1cnc[nH]1)C(=O)O. The Hall–Kier alpha value is -4.46. The molecule has 1 aromatic carbocycles. The van der Waals surface area contributed by atoms with Gasteiger partial charge < -0.3 is 42.6 Å². The Kier molecular flexibility index (Phi) is 12.1. The van der Waals surface area contributed by atoms with Crippen molar-refractivity contribution < 1.29 is 34.2 Å². The molecule has 1 aromatic heterocycles. The number of H-pyrrole nitrogens is 1. The molecule has 10 N–H and O–H groups in total. The van der Waals surface area contributed by atoms with Crippen LogP contribution in [0.3, 0.4) is 0 Å². The number of carboxylic acid groups (broad SMARTS) is 1. The number of nitrogens with zero attached hydrogens (tertiary/aromatic N) is 1. The second kappa shape index (κ2) is 15.2. The van der Waals surface area contributed by atoms with Crippen molar-refractivity contribution in [2.75, 3.05) is 0 Å². The fourth-order valence-corrected chi connectivity index (χ4v) is 3.89. The van der Waals surface area contributed by atoms with Crippen LogP contribution in [0.4, 0.5) is 0 Å². The normalized spacial score (nSPS) is 14.0. The molecule has 2 rings (SSSR count). The Morgan fingerprint density at radius 2 is 1.52 bits per heavy atom. The van der Waals surface area contributed by atoms with Crippen LogP contribution in [0.5, 0.6) is 5.75 Å². The van der Waals surface area contributed by atoms with Crippen molar-refractivity contribution >= 4 is 29.6 Å². The lowest BCUT2D eigenvalue weighted by molar-refractivity contribution is -0.142. The molecule has 2 aromatic rings. The van der Waals surface area contributed by atoms with Gasteiger partial charge in [-0.1, -0.05) is 26.0 Å². The van der Waals surface area contributed by atoms with E-state index in [9.17, 15) is 34.2 Å². The summed E-state index contributed by atoms with van der Waals surface area (Å²) in [4.78, 5) is 69.1. The summed E-state index contributed by atoms with van der Waals surface area (Å²) in [7, 11) is 0. The Morgan fingerprint density at radius 1 is 0.925 bits per heavy atom. The summed E-state index contributed by atoms with van der Waals surface area (Å²) in [5.74, 6) is -4.10. The molecule has 0 aliphatic carbocycles. The van der Waals surface area contributed by atoms with Crippen molar-refractivity contribution in [3.63, 3.8) is 0 Å². The zero-order chi connectivity index (χ0) is 29.8. The second-order valence-corrected chi connectivity index (χ2v) is 9.91. The lowest BCUT2D eigenvalue weighted by Crippen LogP contribution is -2.58. The van der Waals surface area contributed by atoms with Crippen molar-refractivity contribution in [3.8, 4) is 5.75 Å². The van der Waals surface area contributed by atoms with Crippen LogP contribution in [0, 0.1) is 5.92 Å². The second-order valence-electron chi connectivity index (χ2n) is 9.91. The van der Waals surface area contributed by atoms with E-state index in [1.54, 1.807) is 12.1 Å². The fourth-order valence-electron chi connectivity index (χ4n) is 3.89. The molecule has 0 saturated carbocycles. The predicted molar refractivity (Wildman–Crippen MR) is 143 cm³/mol. The molecule has 14 nitrogen and oxygen atoms in total. The zero-order valence-corrected chi connectivity index (χ0v) is 22.4. The maximum Gasteiger partial charge on any atom is 0.326 e. The summed E-state index contributed by atoms with van der Waals surface area (Å²) in [5.41, 5.74) is 12.3. The lowest BCUT2D eigenvalue weighted by Gasteiger charge is -2.25. The number of rotatable bonds is 16. The number of aromatic hydroxyl groups is 1. The van der Waals surface area contributed by atoms with Crippen molar-refractivity contribution in [3.05, 3.63) is 48.0 Å². The average Bonchev–Trinajstić information content (AvgIpc) is 3.39. The number of carboxylic acids is 1. The first-order chi connectivity index (χ1) is 18.8. The van der Waals surface area contributed by atoms with Crippen molar-refractivity contribution in [2.45, 2.75) is 70.1 Å². The van der Waals surface area contributed by atoms with E-state index in [1.807, 2.05) is 13.8 Å². The summed E-state index contributed by atoms with van der Waals surface area (Å²) in [5, 5.41) is 26.7. The lowest BCUT2D eigenvalue weighted by atomic mass is 10.0. The maximum atomic E-state index is 13.4. The van der Waals surface area contributed by atoms with Gasteiger partial charge in [0.25, 0.3) is 0 Å². The third kappa shape index (κ3) is 10.7. The number of imidazole rings is 1. The van der Waals surface area contributed by atoms with Gasteiger partial charge in [-0.2, -0.15) is 0 Å². The standard InChI is InChI=1S/C26H37N7O7/c1-14(2)9-18(27)23(36)32-20(10-15-3-5-17(34)6-4-15)25(38)31-19(7-8-22(28)35)24(37)33-21(26(39)40)11-16-12-29-13-30-16/h3-6,12-14,18-21,34H,7-11,27H2,1-2H3,(H2,28,35)(H,29,30)(H,31,38)(H,32,36)(H,33,37)(H,39,40). The molecule has 218 valence electrons. The van der Waals surface area contributed by atoms with Crippen LogP contribution < -0.4 is 27.4 Å². The van der Waals surface area contributed by atoms with Gasteiger partial charge in [-0.25, -0.2) is 9.78 Å². The summed E-state index contributed by atoms with van der Waals surface area (Å²) in [6.45, 7) is 3.79. The van der Waals surface area contributed by atoms with E-state index < -0.39 is 53.8 Å². The number of phenolic OH excluding ortho intramolecular Hbond substituents is 1. The molecule has 14 heteroatoms. The number of hydrogen-bond acceptors (Lipinski definition) is 8. The number of phenols is 1. The van der Waals surface area contributed by atoms with Crippen LogP contribution in [-0.2, 0) is 36.8 Å². The smallest absolute Gasteiger partial charge is 0.326 e. The highest BCUT2D eigenvalue weighted by Gasteiger charge is 2.31. The van der Waals surface area contributed by atoms with Crippen LogP contribution >= 0.6 is 0 Å². The van der Waals surface area contributed by atoms with E-state index >= 15 is 0 Å². The number of amides is 4. The summed E-state index contributed by atoms with van der Waals surface area (Å²) >= 11 is 0. The van der Waals surface area contributed by atoms with Crippen molar-refractivity contribution in [2.24, 2.45) is 17.4 Å². The minimum Gasteiger partial charge on any atom is -0.508 e. The van der Waals surface area contributed by atoms with Crippen molar-refractivity contribution in [1.82, 2.24) is 25.9 Å². The van der Waals surface area contributed by atoms with Gasteiger partial charge in [0.05, 0.1) is 12.4 Å². The zero-order valence-electron chi connectivity index (χ0n) is 22.4. The number of aliphatic carboxylic acids is 1. The highest BCUT2D eigenvalue weighted by molar-refractivity contribution is 5.94. The quantitative estimate of drug-likeness (QED) is 0.127. The number of aromatic amines is 1. The Balaban J connectivity index is 2.24. The molecule has 0 saturated heterocycles. The number of carbonyl (C=O) groups excluding carboxylic acids is 4. The van der Waals surface area contributed by atoms with Gasteiger partial charge in [0.2, 0.25) is 23.6 Å². The number of primary amides is 1. The molecule has 4 amide bonds. The monoisotopic (exact) mass is 559 g/mol. The molecule has 1 heterocycles. The highest BCUT2D eigenvalue weighted by atomic mass is 16.4. The number of aromatic nitrogens is 2. The Labute approximate surface area is 231 Å². The summed E-state index contributed by atoms with van der Waals surface area (Å²) in [6.07, 6.45) is 2.55. The van der Waals surface area contributed by atoms with Gasteiger partial charge in [-0.15, -0.1) is 0 Å². The van der Waals surface area contributed by atoms with Gasteiger partial charge in [0.15, 0.2) is 0 Å². The largest absolute Gasteiger partial charge is 0.508 e. The van der Waals surface area contributed by atoms with E-state index in [0.717, 1.165) is 0 Å². The van der Waals surface area contributed by atoms with Crippen LogP contribution in [0.1, 0.15) is 44.4 Å². The number of carbonyl (C=O) groups is 5. The van der Waals surface area contributed by atoms with E-state index in [0.29, 0.717) is 17.7 Å². The molecule has 0 radical (unpaired) electrons. The van der Waals surface area contributed by atoms with Gasteiger partial charge in [-0.05, 0) is 36.5 Å². The van der Waals surface area contributed by atoms with E-state index in [-0.39, 0.29) is 37.4 Å². The van der Waals surface area contributed by atoms with Crippen LogP contribution in [-0.4, -0.2) is 73.9 Å². The molecule has 0 fully saturated rings. The van der Waals surface area contributed by atoms with Gasteiger partial charge in [0, 0.05) is 31.2 Å². The molecular weight excluding hydrogens is 522 g/mol. The van der Waals surface area contributed by atoms with Gasteiger partial charge in [-0.3, -0.25) is 19.2 Å². The summed E-state index contributed by atoms with van der Waals surface area (Å²) < 4.78 is 0. The van der Waals surface area contributed by atoms with Crippen LogP contribution in [0.15, 0.2) is 36.8 Å². The summed E-state index contributed by atoms with van der Waals surface area (Å²) in [6, 6.07) is 1.22. The number of nitrogens with one attached hydrogen (secondary N) is 4. The minimum atomic E-state index is -1.36. The highest BCUT2D eigenvalue weighted by Crippen LogP contribution is 2.13. The Morgan fingerprint density at radius 3 is 2.08 bits per heavy atom. The van der Waals surface area contributed by atoms with E-state index in [1.165, 1.54) is 24.7 Å². The predicted octanol–water partition coefficient (Wildman–Crippen LogP) is -0.922. The first kappa shape index (κ1) is 31.8. The van der Waals surface area contributed by atoms with Gasteiger partial charge in [0.1, 0.15) is 23.9 Å². The third-order valence-corrected chi connectivity index (χ3v) is 5.98. The van der Waals surface area contributed by atoms with Crippen molar-refractivity contribution in [1.29, 1.82) is 0 Å². The topological polar surface area (TPSA) is 243 Å². The number of hydrogen-bond donors (Lipinski definition) is 8. The first-order valence-electron chi connectivity index (χ1n) is 12.8. The third-order valence-electron chi connectivity index (χ3n) is 5.98.